The molecule has 0 aromatic carbocycles. The fraction of sp³-hybridized carbons (Fsp3) is 0.833. The molecule has 0 spiro atoms. The zero-order chi connectivity index (χ0) is 9.56. The minimum atomic E-state index is -2.54. The van der Waals surface area contributed by atoms with Crippen molar-refractivity contribution in [2.75, 3.05) is 13.7 Å². The number of unbranched alkanes of at least 4 members (excludes halogenated alkanes) is 1. The van der Waals surface area contributed by atoms with Crippen molar-refractivity contribution < 1.29 is 18.3 Å². The Bertz CT molecular complexity index is 173. The topological polar surface area (TPSA) is 69.7 Å². The van der Waals surface area contributed by atoms with Gasteiger partial charge in [0.15, 0.2) is 0 Å². The molecule has 0 rings (SSSR count). The molecule has 6 heteroatoms. The van der Waals surface area contributed by atoms with Crippen molar-refractivity contribution >= 4 is 17.4 Å². The molecule has 72 valence electrons. The summed E-state index contributed by atoms with van der Waals surface area (Å²) in [5.41, 5.74) is 0. The molecule has 1 amide bonds. The predicted molar refractivity (Wildman–Crippen MR) is 42.9 cm³/mol. The Morgan fingerprint density at radius 1 is 1.67 bits per heavy atom. The second kappa shape index (κ2) is 5.96. The van der Waals surface area contributed by atoms with E-state index >= 15 is 0 Å². The summed E-state index contributed by atoms with van der Waals surface area (Å²) in [7, 11) is 1.14. The van der Waals surface area contributed by atoms with Gasteiger partial charge in [-0.2, -0.15) is 0 Å². The van der Waals surface area contributed by atoms with E-state index in [2.05, 4.69) is 4.74 Å². The lowest BCUT2D eigenvalue weighted by molar-refractivity contribution is 0.128. The lowest BCUT2D eigenvalue weighted by atomic mass is 10.4. The monoisotopic (exact) mass is 194 g/mol. The predicted octanol–water partition coefficient (Wildman–Crippen LogP) is 0.649. The van der Waals surface area contributed by atoms with Crippen LogP contribution in [0.5, 0.6) is 0 Å². The quantitative estimate of drug-likeness (QED) is 0.486. The molecule has 0 heterocycles. The highest BCUT2D eigenvalue weighted by molar-refractivity contribution is 7.77. The van der Waals surface area contributed by atoms with Crippen LogP contribution in [0.25, 0.3) is 0 Å². The number of hydrogen-bond donors (Lipinski definition) is 0. The molecule has 1 atom stereocenters. The van der Waals surface area contributed by atoms with Crippen molar-refractivity contribution in [3.8, 4) is 0 Å². The number of hydrogen-bond acceptors (Lipinski definition) is 4. The number of amides is 1. The van der Waals surface area contributed by atoms with E-state index in [-0.39, 0.29) is 6.61 Å². The Morgan fingerprint density at radius 3 is 2.67 bits per heavy atom. The first kappa shape index (κ1) is 11.4. The van der Waals surface area contributed by atoms with E-state index in [4.69, 9.17) is 0 Å². The number of nitrogens with zero attached hydrogens (tertiary/aromatic N) is 1. The van der Waals surface area contributed by atoms with Gasteiger partial charge >= 0.3 is 6.09 Å². The van der Waals surface area contributed by atoms with Gasteiger partial charge in [-0.25, -0.2) is 9.10 Å². The average Bonchev–Trinajstić information content (AvgIpc) is 2.03. The average molecular weight is 194 g/mol. The van der Waals surface area contributed by atoms with Crippen LogP contribution < -0.4 is 0 Å². The van der Waals surface area contributed by atoms with Gasteiger partial charge in [-0.15, -0.1) is 0 Å². The lowest BCUT2D eigenvalue weighted by Gasteiger charge is -2.18. The van der Waals surface area contributed by atoms with Gasteiger partial charge in [0.2, 0.25) is 0 Å². The molecule has 12 heavy (non-hydrogen) atoms. The highest BCUT2D eigenvalue weighted by Gasteiger charge is 2.08. The minimum Gasteiger partial charge on any atom is -0.755 e. The van der Waals surface area contributed by atoms with Crippen LogP contribution in [0, 0.1) is 0 Å². The second-order valence-corrected chi connectivity index (χ2v) is 3.16. The Morgan fingerprint density at radius 2 is 2.25 bits per heavy atom. The SMILES string of the molecule is CCCCOC(=O)N(C)S(=O)[O-]. The summed E-state index contributed by atoms with van der Waals surface area (Å²) in [5.74, 6) is 0. The van der Waals surface area contributed by atoms with Crippen molar-refractivity contribution in [3.63, 3.8) is 0 Å². The molecule has 0 saturated heterocycles. The molecule has 0 bridgehead atoms. The maximum Gasteiger partial charge on any atom is 0.420 e. The molecule has 5 nitrogen and oxygen atoms in total. The van der Waals surface area contributed by atoms with Crippen molar-refractivity contribution in [2.24, 2.45) is 0 Å². The van der Waals surface area contributed by atoms with Gasteiger partial charge in [0.1, 0.15) is 0 Å². The fourth-order valence-corrected chi connectivity index (χ4v) is 0.630. The van der Waals surface area contributed by atoms with Crippen LogP contribution in [0.3, 0.4) is 0 Å². The minimum absolute atomic E-state index is 0.261. The Balaban J connectivity index is 3.65. The zero-order valence-corrected chi connectivity index (χ0v) is 7.93. The van der Waals surface area contributed by atoms with Crippen molar-refractivity contribution in [2.45, 2.75) is 19.8 Å². The summed E-state index contributed by atoms with van der Waals surface area (Å²) in [6, 6.07) is 0. The molecule has 0 N–H and O–H groups in total. The molecule has 1 unspecified atom stereocenters. The van der Waals surface area contributed by atoms with E-state index in [1.165, 1.54) is 0 Å². The van der Waals surface area contributed by atoms with Gasteiger partial charge in [-0.3, -0.25) is 4.21 Å². The van der Waals surface area contributed by atoms with Crippen LogP contribution in [0.2, 0.25) is 0 Å². The van der Waals surface area contributed by atoms with Gasteiger partial charge in [-0.1, -0.05) is 13.3 Å². The van der Waals surface area contributed by atoms with E-state index in [1.807, 2.05) is 6.92 Å². The number of carbonyl (C=O) groups is 1. The summed E-state index contributed by atoms with van der Waals surface area (Å²) in [6.45, 7) is 2.21. The molecular formula is C6H12NO4S-. The Labute approximate surface area is 74.1 Å². The Kier molecular flexibility index (Phi) is 5.65. The second-order valence-electron chi connectivity index (χ2n) is 2.18. The fourth-order valence-electron chi connectivity index (χ4n) is 0.456. The van der Waals surface area contributed by atoms with Crippen LogP contribution in [0.15, 0.2) is 0 Å². The zero-order valence-electron chi connectivity index (χ0n) is 7.11. The van der Waals surface area contributed by atoms with Crippen molar-refractivity contribution in [1.29, 1.82) is 0 Å². The van der Waals surface area contributed by atoms with Crippen LogP contribution in [0.4, 0.5) is 4.79 Å². The van der Waals surface area contributed by atoms with Gasteiger partial charge in [0.05, 0.1) is 17.9 Å². The lowest BCUT2D eigenvalue weighted by Crippen LogP contribution is -2.29. The molecule has 0 aliphatic heterocycles. The van der Waals surface area contributed by atoms with Crippen molar-refractivity contribution in [1.82, 2.24) is 4.31 Å². The van der Waals surface area contributed by atoms with E-state index in [1.54, 1.807) is 0 Å². The van der Waals surface area contributed by atoms with Gasteiger partial charge in [0.25, 0.3) is 0 Å². The number of carbonyl (C=O) groups excluding carboxylic acids is 1. The van der Waals surface area contributed by atoms with E-state index in [0.29, 0.717) is 4.31 Å². The highest BCUT2D eigenvalue weighted by Crippen LogP contribution is 1.95. The van der Waals surface area contributed by atoms with Crippen LogP contribution in [-0.4, -0.2) is 32.8 Å². The molecule has 0 fully saturated rings. The third kappa shape index (κ3) is 4.30. The summed E-state index contributed by atoms with van der Waals surface area (Å²) < 4.78 is 25.5. The summed E-state index contributed by atoms with van der Waals surface area (Å²) >= 11 is -2.54. The largest absolute Gasteiger partial charge is 0.755 e. The van der Waals surface area contributed by atoms with E-state index in [9.17, 15) is 13.6 Å². The smallest absolute Gasteiger partial charge is 0.420 e. The molecule has 0 radical (unpaired) electrons. The number of rotatable bonds is 4. The number of ether oxygens (including phenoxy) is 1. The summed E-state index contributed by atoms with van der Waals surface area (Å²) in [6.07, 6.45) is 0.805. The van der Waals surface area contributed by atoms with Gasteiger partial charge in [-0.05, 0) is 6.42 Å². The molecule has 0 aliphatic rings. The maximum atomic E-state index is 10.8. The summed E-state index contributed by atoms with van der Waals surface area (Å²) in [4.78, 5) is 10.8. The first-order valence-electron chi connectivity index (χ1n) is 3.59. The molecule has 0 aromatic rings. The normalized spacial score (nSPS) is 12.2. The first-order chi connectivity index (χ1) is 5.59. The van der Waals surface area contributed by atoms with Gasteiger partial charge < -0.3 is 9.29 Å². The third-order valence-electron chi connectivity index (χ3n) is 1.20. The van der Waals surface area contributed by atoms with Crippen molar-refractivity contribution in [3.05, 3.63) is 0 Å². The maximum absolute atomic E-state index is 10.8. The molecule has 0 saturated carbocycles. The van der Waals surface area contributed by atoms with E-state index < -0.39 is 17.4 Å². The first-order valence-corrected chi connectivity index (χ1v) is 4.62. The molecule has 0 aliphatic carbocycles. The summed E-state index contributed by atoms with van der Waals surface area (Å²) in [5, 5.41) is 0. The van der Waals surface area contributed by atoms with Crippen LogP contribution in [0.1, 0.15) is 19.8 Å². The van der Waals surface area contributed by atoms with Gasteiger partial charge in [0, 0.05) is 7.05 Å². The third-order valence-corrected chi connectivity index (χ3v) is 1.80. The standard InChI is InChI=1S/C6H13NO4S/c1-3-4-5-11-6(8)7(2)12(9)10/h3-5H2,1-2H3,(H,9,10)/p-1. The molecular weight excluding hydrogens is 182 g/mol. The Hall–Kier alpha value is -0.620. The molecule has 0 aromatic heterocycles. The van der Waals surface area contributed by atoms with Crippen LogP contribution in [-0.2, 0) is 16.0 Å². The van der Waals surface area contributed by atoms with Crippen LogP contribution >= 0.6 is 0 Å². The van der Waals surface area contributed by atoms with E-state index in [0.717, 1.165) is 19.9 Å². The highest BCUT2D eigenvalue weighted by atomic mass is 32.2.